The smallest absolute Gasteiger partial charge is 0.151 e. The van der Waals surface area contributed by atoms with Gasteiger partial charge in [-0.1, -0.05) is 11.6 Å². The Morgan fingerprint density at radius 3 is 2.73 bits per heavy atom. The Hall–Kier alpha value is -1.06. The molecule has 0 heterocycles. The van der Waals surface area contributed by atoms with Crippen LogP contribution >= 0.6 is 11.6 Å². The molecule has 0 aliphatic carbocycles. The topological polar surface area (TPSA) is 29.5 Å². The summed E-state index contributed by atoms with van der Waals surface area (Å²) in [6, 6.07) is 5.05. The van der Waals surface area contributed by atoms with Gasteiger partial charge in [-0.2, -0.15) is 0 Å². The van der Waals surface area contributed by atoms with Crippen LogP contribution in [-0.2, 0) is 0 Å². The number of carbonyl (C=O) groups is 1. The van der Waals surface area contributed by atoms with Crippen LogP contribution in [0.25, 0.3) is 0 Å². The first-order valence-electron chi connectivity index (χ1n) is 4.65. The van der Waals surface area contributed by atoms with Gasteiger partial charge in [0.2, 0.25) is 0 Å². The van der Waals surface area contributed by atoms with Crippen LogP contribution in [0.15, 0.2) is 18.2 Å². The first-order valence-corrected chi connectivity index (χ1v) is 5.03. The molecule has 0 N–H and O–H groups in total. The van der Waals surface area contributed by atoms with Crippen molar-refractivity contribution < 1.29 is 9.53 Å². The molecule has 0 atom stereocenters. The number of hydrogen-bond donors (Lipinski definition) is 0. The molecule has 82 valence electrons. The van der Waals surface area contributed by atoms with E-state index in [2.05, 4.69) is 0 Å². The number of ether oxygens (including phenoxy) is 1. The standard InChI is InChI=1S/C11H14ClNO2/c1-13(2)5-6-15-10-4-3-9(8-14)11(12)7-10/h3-4,7-8H,5-6H2,1-2H3. The third-order valence-electron chi connectivity index (χ3n) is 1.91. The Labute approximate surface area is 94.6 Å². The Balaban J connectivity index is 2.56. The highest BCUT2D eigenvalue weighted by molar-refractivity contribution is 6.33. The maximum atomic E-state index is 10.5. The van der Waals surface area contributed by atoms with Crippen LogP contribution in [-0.4, -0.2) is 38.4 Å². The summed E-state index contributed by atoms with van der Waals surface area (Å²) >= 11 is 5.85. The molecule has 0 aliphatic rings. The Morgan fingerprint density at radius 1 is 1.47 bits per heavy atom. The molecule has 4 heteroatoms. The molecule has 0 unspecified atom stereocenters. The first kappa shape index (κ1) is 12.0. The van der Waals surface area contributed by atoms with E-state index in [4.69, 9.17) is 16.3 Å². The molecule has 15 heavy (non-hydrogen) atoms. The second-order valence-electron chi connectivity index (χ2n) is 3.45. The van der Waals surface area contributed by atoms with Crippen LogP contribution in [0.3, 0.4) is 0 Å². The molecular weight excluding hydrogens is 214 g/mol. The number of hydrogen-bond acceptors (Lipinski definition) is 3. The number of likely N-dealkylation sites (N-methyl/N-ethyl adjacent to an activating group) is 1. The predicted octanol–water partition coefficient (Wildman–Crippen LogP) is 2.09. The minimum Gasteiger partial charge on any atom is -0.492 e. The molecule has 0 saturated heterocycles. The largest absolute Gasteiger partial charge is 0.492 e. The minimum absolute atomic E-state index is 0.423. The number of aldehydes is 1. The molecule has 0 aliphatic heterocycles. The van der Waals surface area contributed by atoms with Gasteiger partial charge in [-0.3, -0.25) is 4.79 Å². The van der Waals surface area contributed by atoms with Crippen molar-refractivity contribution in [2.24, 2.45) is 0 Å². The number of rotatable bonds is 5. The third-order valence-corrected chi connectivity index (χ3v) is 2.23. The van der Waals surface area contributed by atoms with E-state index in [1.165, 1.54) is 0 Å². The van der Waals surface area contributed by atoms with E-state index in [9.17, 15) is 4.79 Å². The average Bonchev–Trinajstić information content (AvgIpc) is 2.17. The van der Waals surface area contributed by atoms with Crippen molar-refractivity contribution in [3.05, 3.63) is 28.8 Å². The molecular formula is C11H14ClNO2. The van der Waals surface area contributed by atoms with E-state index in [1.807, 2.05) is 19.0 Å². The number of halogens is 1. The van der Waals surface area contributed by atoms with Crippen molar-refractivity contribution in [1.29, 1.82) is 0 Å². The molecule has 1 aromatic rings. The molecule has 1 rings (SSSR count). The van der Waals surface area contributed by atoms with E-state index in [-0.39, 0.29) is 0 Å². The van der Waals surface area contributed by atoms with Gasteiger partial charge in [0.1, 0.15) is 12.4 Å². The normalized spacial score (nSPS) is 10.4. The fourth-order valence-electron chi connectivity index (χ4n) is 1.04. The third kappa shape index (κ3) is 3.90. The summed E-state index contributed by atoms with van der Waals surface area (Å²) in [6.07, 6.45) is 0.728. The van der Waals surface area contributed by atoms with Gasteiger partial charge in [0.05, 0.1) is 5.02 Å². The van der Waals surface area contributed by atoms with E-state index < -0.39 is 0 Å². The fourth-order valence-corrected chi connectivity index (χ4v) is 1.25. The lowest BCUT2D eigenvalue weighted by molar-refractivity contribution is 0.112. The van der Waals surface area contributed by atoms with Crippen molar-refractivity contribution in [3.8, 4) is 5.75 Å². The van der Waals surface area contributed by atoms with E-state index in [0.29, 0.717) is 22.9 Å². The number of benzene rings is 1. The van der Waals surface area contributed by atoms with E-state index >= 15 is 0 Å². The zero-order chi connectivity index (χ0) is 11.3. The van der Waals surface area contributed by atoms with Gasteiger partial charge in [-0.05, 0) is 32.3 Å². The van der Waals surface area contributed by atoms with Gasteiger partial charge >= 0.3 is 0 Å². The zero-order valence-corrected chi connectivity index (χ0v) is 9.62. The monoisotopic (exact) mass is 227 g/mol. The number of carbonyl (C=O) groups excluding carboxylic acids is 1. The van der Waals surface area contributed by atoms with Gasteiger partial charge in [0.25, 0.3) is 0 Å². The highest BCUT2D eigenvalue weighted by atomic mass is 35.5. The van der Waals surface area contributed by atoms with Crippen LogP contribution in [0.4, 0.5) is 0 Å². The SMILES string of the molecule is CN(C)CCOc1ccc(C=O)c(Cl)c1. The van der Waals surface area contributed by atoms with Crippen LogP contribution in [0.5, 0.6) is 5.75 Å². The predicted molar refractivity (Wildman–Crippen MR) is 60.9 cm³/mol. The Morgan fingerprint density at radius 2 is 2.20 bits per heavy atom. The molecule has 0 amide bonds. The van der Waals surface area contributed by atoms with Crippen molar-refractivity contribution in [2.75, 3.05) is 27.2 Å². The van der Waals surface area contributed by atoms with Gasteiger partial charge in [0.15, 0.2) is 6.29 Å². The van der Waals surface area contributed by atoms with Crippen LogP contribution < -0.4 is 4.74 Å². The van der Waals surface area contributed by atoms with Crippen molar-refractivity contribution >= 4 is 17.9 Å². The van der Waals surface area contributed by atoms with Gasteiger partial charge in [-0.25, -0.2) is 0 Å². The van der Waals surface area contributed by atoms with Crippen LogP contribution in [0.2, 0.25) is 5.02 Å². The summed E-state index contributed by atoms with van der Waals surface area (Å²) in [7, 11) is 3.96. The molecule has 3 nitrogen and oxygen atoms in total. The van der Waals surface area contributed by atoms with Crippen molar-refractivity contribution in [1.82, 2.24) is 4.90 Å². The maximum Gasteiger partial charge on any atom is 0.151 e. The lowest BCUT2D eigenvalue weighted by atomic mass is 10.2. The highest BCUT2D eigenvalue weighted by Crippen LogP contribution is 2.21. The lowest BCUT2D eigenvalue weighted by Gasteiger charge is -2.11. The summed E-state index contributed by atoms with van der Waals surface area (Å²) in [5.41, 5.74) is 0.483. The van der Waals surface area contributed by atoms with E-state index in [1.54, 1.807) is 18.2 Å². The quantitative estimate of drug-likeness (QED) is 0.722. The minimum atomic E-state index is 0.423. The lowest BCUT2D eigenvalue weighted by Crippen LogP contribution is -2.19. The average molecular weight is 228 g/mol. The summed E-state index contributed by atoms with van der Waals surface area (Å²) in [5.74, 6) is 0.687. The molecule has 0 spiro atoms. The molecule has 0 radical (unpaired) electrons. The summed E-state index contributed by atoms with van der Waals surface area (Å²) < 4.78 is 5.46. The van der Waals surface area contributed by atoms with Crippen molar-refractivity contribution in [3.63, 3.8) is 0 Å². The maximum absolute atomic E-state index is 10.5. The fraction of sp³-hybridized carbons (Fsp3) is 0.364. The number of nitrogens with zero attached hydrogens (tertiary/aromatic N) is 1. The Bertz CT molecular complexity index is 339. The Kier molecular flexibility index (Phi) is 4.59. The molecule has 0 fully saturated rings. The van der Waals surface area contributed by atoms with Crippen molar-refractivity contribution in [2.45, 2.75) is 0 Å². The van der Waals surface area contributed by atoms with Gasteiger partial charge in [0, 0.05) is 12.1 Å². The van der Waals surface area contributed by atoms with Gasteiger partial charge < -0.3 is 9.64 Å². The molecule has 0 bridgehead atoms. The molecule has 0 aromatic heterocycles. The highest BCUT2D eigenvalue weighted by Gasteiger charge is 2.01. The summed E-state index contributed by atoms with van der Waals surface area (Å²) in [5, 5.41) is 0.423. The zero-order valence-electron chi connectivity index (χ0n) is 8.87. The second-order valence-corrected chi connectivity index (χ2v) is 3.86. The first-order chi connectivity index (χ1) is 7.13. The van der Waals surface area contributed by atoms with Gasteiger partial charge in [-0.15, -0.1) is 0 Å². The van der Waals surface area contributed by atoms with Crippen LogP contribution in [0, 0.1) is 0 Å². The summed E-state index contributed by atoms with van der Waals surface area (Å²) in [6.45, 7) is 1.44. The summed E-state index contributed by atoms with van der Waals surface area (Å²) in [4.78, 5) is 12.5. The molecule has 1 aromatic carbocycles. The van der Waals surface area contributed by atoms with Crippen LogP contribution in [0.1, 0.15) is 10.4 Å². The molecule has 0 saturated carbocycles. The second kappa shape index (κ2) is 5.73. The van der Waals surface area contributed by atoms with E-state index in [0.717, 1.165) is 12.8 Å².